The molecule has 5 nitrogen and oxygen atoms in total. The van der Waals surface area contributed by atoms with Crippen LogP contribution in [0.5, 0.6) is 0 Å². The summed E-state index contributed by atoms with van der Waals surface area (Å²) in [6, 6.07) is 2.67. The number of rotatable bonds is 2. The van der Waals surface area contributed by atoms with Gasteiger partial charge in [0, 0.05) is 13.1 Å². The Hall–Kier alpha value is -1.49. The van der Waals surface area contributed by atoms with Crippen molar-refractivity contribution in [2.24, 2.45) is 0 Å². The summed E-state index contributed by atoms with van der Waals surface area (Å²) in [6.07, 6.45) is 1.43. The lowest BCUT2D eigenvalue weighted by Gasteiger charge is -2.13. The molecule has 1 heterocycles. The fourth-order valence-electron chi connectivity index (χ4n) is 0.797. The number of nitrogens with zero attached hydrogens (tertiary/aromatic N) is 1. The third-order valence-electron chi connectivity index (χ3n) is 1.51. The monoisotopic (exact) mass is 216 g/mol. The maximum absolute atomic E-state index is 11.3. The second-order valence-corrected chi connectivity index (χ2v) is 2.76. The third kappa shape index (κ3) is 2.50. The number of carbonyl (C=O) groups is 2. The molecule has 0 aromatic carbocycles. The maximum Gasteiger partial charge on any atom is 0.330 e. The lowest BCUT2D eigenvalue weighted by atomic mass is 10.5. The first kappa shape index (κ1) is 10.6. The molecule has 0 fully saturated rings. The number of amides is 3. The van der Waals surface area contributed by atoms with E-state index in [-0.39, 0.29) is 5.88 Å². The van der Waals surface area contributed by atoms with Crippen molar-refractivity contribution in [3.8, 4) is 0 Å². The van der Waals surface area contributed by atoms with E-state index >= 15 is 0 Å². The molecule has 3 amide bonds. The molecule has 0 aliphatic heterocycles. The van der Waals surface area contributed by atoms with E-state index in [1.165, 1.54) is 18.2 Å². The summed E-state index contributed by atoms with van der Waals surface area (Å²) in [5.74, 6) is -0.447. The molecule has 0 saturated heterocycles. The van der Waals surface area contributed by atoms with E-state index in [0.717, 1.165) is 0 Å². The normalized spacial score (nSPS) is 9.57. The Kier molecular flexibility index (Phi) is 3.53. The Morgan fingerprint density at radius 1 is 1.64 bits per heavy atom. The lowest BCUT2D eigenvalue weighted by Crippen LogP contribution is -2.41. The Bertz CT molecular complexity index is 323. The highest BCUT2D eigenvalue weighted by Gasteiger charge is 2.14. The van der Waals surface area contributed by atoms with E-state index < -0.39 is 11.9 Å². The molecule has 1 aromatic rings. The van der Waals surface area contributed by atoms with Crippen molar-refractivity contribution in [2.45, 2.75) is 0 Å². The number of alkyl halides is 1. The van der Waals surface area contributed by atoms with E-state index in [2.05, 4.69) is 5.32 Å². The minimum absolute atomic E-state index is 0.252. The molecular formula is C8H9ClN2O3. The van der Waals surface area contributed by atoms with Gasteiger partial charge in [0.25, 0.3) is 0 Å². The Balaban J connectivity index is 2.58. The van der Waals surface area contributed by atoms with Crippen LogP contribution in [0.15, 0.2) is 22.8 Å². The standard InChI is InChI=1S/C8H9ClN2O3/c1-11(7-3-2-4-14-7)8(13)10-6(12)5-9/h2-4H,5H2,1H3,(H,10,12,13). The van der Waals surface area contributed by atoms with Crippen molar-refractivity contribution in [2.75, 3.05) is 17.8 Å². The molecule has 1 aromatic heterocycles. The predicted molar refractivity (Wildman–Crippen MR) is 51.4 cm³/mol. The average molecular weight is 217 g/mol. The highest BCUT2D eigenvalue weighted by molar-refractivity contribution is 6.28. The summed E-state index contributed by atoms with van der Waals surface area (Å²) in [7, 11) is 1.48. The van der Waals surface area contributed by atoms with Crippen LogP contribution in [-0.4, -0.2) is 24.9 Å². The number of nitrogens with one attached hydrogen (secondary N) is 1. The molecule has 1 rings (SSSR count). The highest BCUT2D eigenvalue weighted by Crippen LogP contribution is 2.11. The number of furan rings is 1. The van der Waals surface area contributed by atoms with Crippen LogP contribution < -0.4 is 10.2 Å². The van der Waals surface area contributed by atoms with E-state index in [0.29, 0.717) is 5.88 Å². The van der Waals surface area contributed by atoms with Crippen molar-refractivity contribution in [3.05, 3.63) is 18.4 Å². The van der Waals surface area contributed by atoms with Crippen LogP contribution in [0.2, 0.25) is 0 Å². The van der Waals surface area contributed by atoms with Crippen molar-refractivity contribution in [1.29, 1.82) is 0 Å². The van der Waals surface area contributed by atoms with Gasteiger partial charge in [-0.1, -0.05) is 0 Å². The molecule has 0 atom stereocenters. The molecule has 6 heteroatoms. The molecule has 0 unspecified atom stereocenters. The van der Waals surface area contributed by atoms with Gasteiger partial charge in [-0.25, -0.2) is 4.79 Å². The molecule has 76 valence electrons. The zero-order valence-corrected chi connectivity index (χ0v) is 8.25. The molecule has 0 aliphatic carbocycles. The van der Waals surface area contributed by atoms with Gasteiger partial charge in [0.2, 0.25) is 11.8 Å². The number of hydrogen-bond acceptors (Lipinski definition) is 3. The summed E-state index contributed by atoms with van der Waals surface area (Å²) < 4.78 is 4.95. The smallest absolute Gasteiger partial charge is 0.330 e. The van der Waals surface area contributed by atoms with Crippen LogP contribution >= 0.6 is 11.6 Å². The first-order valence-electron chi connectivity index (χ1n) is 3.82. The van der Waals surface area contributed by atoms with Gasteiger partial charge in [-0.15, -0.1) is 11.6 Å². The number of hydrogen-bond donors (Lipinski definition) is 1. The summed E-state index contributed by atoms with van der Waals surface area (Å²) in [6.45, 7) is 0. The minimum Gasteiger partial charge on any atom is -0.448 e. The van der Waals surface area contributed by atoms with Gasteiger partial charge in [-0.05, 0) is 6.07 Å². The molecule has 0 saturated carbocycles. The fourth-order valence-corrected chi connectivity index (χ4v) is 0.864. The van der Waals surface area contributed by atoms with Crippen LogP contribution in [0.25, 0.3) is 0 Å². The number of urea groups is 1. The number of carbonyl (C=O) groups excluding carboxylic acids is 2. The Labute approximate surface area is 85.6 Å². The van der Waals surface area contributed by atoms with E-state index in [4.69, 9.17) is 16.0 Å². The minimum atomic E-state index is -0.578. The third-order valence-corrected chi connectivity index (χ3v) is 1.75. The number of imide groups is 1. The van der Waals surface area contributed by atoms with Crippen molar-refractivity contribution in [3.63, 3.8) is 0 Å². The topological polar surface area (TPSA) is 62.6 Å². The van der Waals surface area contributed by atoms with Crippen LogP contribution in [-0.2, 0) is 4.79 Å². The summed E-state index contributed by atoms with van der Waals surface area (Å²) >= 11 is 5.22. The fraction of sp³-hybridized carbons (Fsp3) is 0.250. The van der Waals surface area contributed by atoms with Crippen molar-refractivity contribution >= 4 is 29.4 Å². The van der Waals surface area contributed by atoms with Crippen molar-refractivity contribution < 1.29 is 14.0 Å². The van der Waals surface area contributed by atoms with Gasteiger partial charge in [0.15, 0.2) is 0 Å². The quantitative estimate of drug-likeness (QED) is 0.756. The molecule has 0 spiro atoms. The average Bonchev–Trinajstić information content (AvgIpc) is 2.69. The summed E-state index contributed by atoms with van der Waals surface area (Å²) in [5.41, 5.74) is 0. The zero-order chi connectivity index (χ0) is 10.6. The van der Waals surface area contributed by atoms with E-state index in [9.17, 15) is 9.59 Å². The van der Waals surface area contributed by atoms with E-state index in [1.54, 1.807) is 12.1 Å². The Morgan fingerprint density at radius 3 is 2.86 bits per heavy atom. The first-order valence-corrected chi connectivity index (χ1v) is 4.35. The second kappa shape index (κ2) is 4.66. The SMILES string of the molecule is CN(C(=O)NC(=O)CCl)c1ccco1. The van der Waals surface area contributed by atoms with Gasteiger partial charge in [0.1, 0.15) is 5.88 Å². The number of anilines is 1. The lowest BCUT2D eigenvalue weighted by molar-refractivity contribution is -0.117. The van der Waals surface area contributed by atoms with Gasteiger partial charge < -0.3 is 4.42 Å². The largest absolute Gasteiger partial charge is 0.448 e. The van der Waals surface area contributed by atoms with E-state index in [1.807, 2.05) is 0 Å². The van der Waals surface area contributed by atoms with Crippen molar-refractivity contribution in [1.82, 2.24) is 5.32 Å². The highest BCUT2D eigenvalue weighted by atomic mass is 35.5. The van der Waals surface area contributed by atoms with Gasteiger partial charge in [0.05, 0.1) is 6.26 Å². The van der Waals surface area contributed by atoms with Gasteiger partial charge >= 0.3 is 6.03 Å². The molecule has 14 heavy (non-hydrogen) atoms. The molecule has 1 N–H and O–H groups in total. The molecule has 0 aliphatic rings. The Morgan fingerprint density at radius 2 is 2.36 bits per heavy atom. The van der Waals surface area contributed by atoms with Crippen LogP contribution in [0.3, 0.4) is 0 Å². The van der Waals surface area contributed by atoms with Gasteiger partial charge in [-0.3, -0.25) is 15.0 Å². The molecular weight excluding hydrogens is 208 g/mol. The van der Waals surface area contributed by atoms with Gasteiger partial charge in [-0.2, -0.15) is 0 Å². The maximum atomic E-state index is 11.3. The first-order chi connectivity index (χ1) is 6.65. The van der Waals surface area contributed by atoms with Crippen LogP contribution in [0.1, 0.15) is 0 Å². The van der Waals surface area contributed by atoms with Crippen LogP contribution in [0, 0.1) is 0 Å². The molecule has 0 radical (unpaired) electrons. The van der Waals surface area contributed by atoms with Crippen LogP contribution in [0.4, 0.5) is 10.7 Å². The molecule has 0 bridgehead atoms. The predicted octanol–water partition coefficient (Wildman–Crippen LogP) is 1.19. The number of halogens is 1. The second-order valence-electron chi connectivity index (χ2n) is 2.50. The zero-order valence-electron chi connectivity index (χ0n) is 7.49. The summed E-state index contributed by atoms with van der Waals surface area (Å²) in [5, 5.41) is 2.07. The summed E-state index contributed by atoms with van der Waals surface area (Å²) in [4.78, 5) is 23.2.